The van der Waals surface area contributed by atoms with Crippen molar-refractivity contribution in [3.8, 4) is 11.3 Å². The zero-order chi connectivity index (χ0) is 20.8. The summed E-state index contributed by atoms with van der Waals surface area (Å²) in [6, 6.07) is 17.0. The summed E-state index contributed by atoms with van der Waals surface area (Å²) in [6.07, 6.45) is 6.04. The zero-order valence-electron chi connectivity index (χ0n) is 16.8. The third kappa shape index (κ3) is 4.95. The lowest BCUT2D eigenvalue weighted by molar-refractivity contribution is -0.134. The molecule has 1 unspecified atom stereocenters. The minimum Gasteiger partial charge on any atom is -0.464 e. The molecule has 1 atom stereocenters. The maximum atomic E-state index is 12.8. The molecule has 3 aromatic rings. The Morgan fingerprint density at radius 1 is 1.10 bits per heavy atom. The summed E-state index contributed by atoms with van der Waals surface area (Å²) < 4.78 is 5.39. The Morgan fingerprint density at radius 2 is 1.97 bits per heavy atom. The normalized spacial score (nSPS) is 16.3. The van der Waals surface area contributed by atoms with Gasteiger partial charge in [0.1, 0.15) is 5.76 Å². The van der Waals surface area contributed by atoms with Gasteiger partial charge in [0.15, 0.2) is 0 Å². The van der Waals surface area contributed by atoms with Crippen LogP contribution in [0.3, 0.4) is 0 Å². The molecule has 0 bridgehead atoms. The molecule has 0 aliphatic carbocycles. The molecule has 0 spiro atoms. The summed E-state index contributed by atoms with van der Waals surface area (Å²) in [5.41, 5.74) is 2.62. The molecule has 30 heavy (non-hydrogen) atoms. The van der Waals surface area contributed by atoms with E-state index in [0.29, 0.717) is 25.9 Å². The zero-order valence-corrected chi connectivity index (χ0v) is 16.8. The van der Waals surface area contributed by atoms with E-state index in [9.17, 15) is 9.59 Å². The molecule has 1 fully saturated rings. The number of piperidine rings is 1. The molecule has 4 rings (SSSR count). The van der Waals surface area contributed by atoms with Crippen molar-refractivity contribution in [2.45, 2.75) is 25.7 Å². The van der Waals surface area contributed by atoms with Gasteiger partial charge in [0, 0.05) is 42.7 Å². The van der Waals surface area contributed by atoms with Gasteiger partial charge < -0.3 is 14.6 Å². The first-order valence-electron chi connectivity index (χ1n) is 10.3. The number of nitrogens with one attached hydrogen (secondary N) is 1. The standard InChI is InChI=1S/C24H25N3O3/c28-23(13-12-20-6-1-2-14-25-20)27-15-3-5-19(17-27)24(29)26-21-10-8-18(9-11-21)22-7-4-16-30-22/h1-2,4,6-11,14,16,19H,3,5,12-13,15,17H2,(H,26,29). The Balaban J connectivity index is 1.30. The minimum absolute atomic E-state index is 0.0389. The fourth-order valence-corrected chi connectivity index (χ4v) is 3.76. The highest BCUT2D eigenvalue weighted by molar-refractivity contribution is 5.93. The molecule has 0 saturated carbocycles. The summed E-state index contributed by atoms with van der Waals surface area (Å²) in [6.45, 7) is 1.18. The van der Waals surface area contributed by atoms with Crippen LogP contribution in [0, 0.1) is 5.92 Å². The Labute approximate surface area is 175 Å². The number of pyridine rings is 1. The van der Waals surface area contributed by atoms with Crippen LogP contribution in [-0.2, 0) is 16.0 Å². The van der Waals surface area contributed by atoms with E-state index in [0.717, 1.165) is 35.5 Å². The number of nitrogens with zero attached hydrogens (tertiary/aromatic N) is 2. The number of carbonyl (C=O) groups is 2. The second-order valence-corrected chi connectivity index (χ2v) is 7.54. The van der Waals surface area contributed by atoms with Crippen LogP contribution in [0.15, 0.2) is 71.5 Å². The number of furan rings is 1. The van der Waals surface area contributed by atoms with Crippen molar-refractivity contribution in [2.75, 3.05) is 18.4 Å². The monoisotopic (exact) mass is 403 g/mol. The lowest BCUT2D eigenvalue weighted by Gasteiger charge is -2.32. The van der Waals surface area contributed by atoms with E-state index in [1.54, 1.807) is 12.5 Å². The van der Waals surface area contributed by atoms with Crippen molar-refractivity contribution in [3.63, 3.8) is 0 Å². The molecule has 1 N–H and O–H groups in total. The average molecular weight is 403 g/mol. The number of hydrogen-bond donors (Lipinski definition) is 1. The molecular formula is C24H25N3O3. The maximum Gasteiger partial charge on any atom is 0.229 e. The van der Waals surface area contributed by atoms with Crippen molar-refractivity contribution in [3.05, 3.63) is 72.8 Å². The van der Waals surface area contributed by atoms with Crippen LogP contribution in [0.2, 0.25) is 0 Å². The van der Waals surface area contributed by atoms with Gasteiger partial charge in [-0.3, -0.25) is 14.6 Å². The van der Waals surface area contributed by atoms with Crippen molar-refractivity contribution in [1.82, 2.24) is 9.88 Å². The van der Waals surface area contributed by atoms with Gasteiger partial charge in [-0.2, -0.15) is 0 Å². The third-order valence-electron chi connectivity index (χ3n) is 5.42. The molecule has 6 heteroatoms. The van der Waals surface area contributed by atoms with Crippen LogP contribution in [0.25, 0.3) is 11.3 Å². The molecule has 1 aliphatic heterocycles. The molecule has 1 aliphatic rings. The van der Waals surface area contributed by atoms with E-state index >= 15 is 0 Å². The van der Waals surface area contributed by atoms with E-state index < -0.39 is 0 Å². The molecule has 154 valence electrons. The molecule has 1 aromatic carbocycles. The second-order valence-electron chi connectivity index (χ2n) is 7.54. The Bertz CT molecular complexity index is 969. The Hall–Kier alpha value is -3.41. The summed E-state index contributed by atoms with van der Waals surface area (Å²) in [5.74, 6) is 0.645. The highest BCUT2D eigenvalue weighted by atomic mass is 16.3. The van der Waals surface area contributed by atoms with Crippen LogP contribution >= 0.6 is 0 Å². The van der Waals surface area contributed by atoms with Crippen molar-refractivity contribution in [1.29, 1.82) is 0 Å². The molecule has 2 amide bonds. The van der Waals surface area contributed by atoms with Gasteiger partial charge in [-0.15, -0.1) is 0 Å². The van der Waals surface area contributed by atoms with Crippen molar-refractivity contribution >= 4 is 17.5 Å². The second kappa shape index (κ2) is 9.39. The van der Waals surface area contributed by atoms with Gasteiger partial charge in [-0.25, -0.2) is 0 Å². The first-order chi connectivity index (χ1) is 14.7. The highest BCUT2D eigenvalue weighted by Crippen LogP contribution is 2.23. The molecule has 2 aromatic heterocycles. The first kappa shape index (κ1) is 19.9. The fraction of sp³-hybridized carbons (Fsp3) is 0.292. The smallest absolute Gasteiger partial charge is 0.229 e. The van der Waals surface area contributed by atoms with E-state index in [2.05, 4.69) is 10.3 Å². The van der Waals surface area contributed by atoms with Crippen LogP contribution in [-0.4, -0.2) is 34.8 Å². The van der Waals surface area contributed by atoms with Crippen LogP contribution in [0.5, 0.6) is 0 Å². The predicted octanol–water partition coefficient (Wildman–Crippen LogP) is 4.15. The molecule has 1 saturated heterocycles. The topological polar surface area (TPSA) is 75.4 Å². The summed E-state index contributed by atoms with van der Waals surface area (Å²) in [7, 11) is 0. The number of amides is 2. The first-order valence-corrected chi connectivity index (χ1v) is 10.3. The maximum absolute atomic E-state index is 12.8. The Kier molecular flexibility index (Phi) is 6.23. The SMILES string of the molecule is O=C(Nc1ccc(-c2ccco2)cc1)C1CCCN(C(=O)CCc2ccccn2)C1. The fourth-order valence-electron chi connectivity index (χ4n) is 3.76. The lowest BCUT2D eigenvalue weighted by atomic mass is 9.96. The summed E-state index contributed by atoms with van der Waals surface area (Å²) in [4.78, 5) is 31.4. The number of hydrogen-bond acceptors (Lipinski definition) is 4. The van der Waals surface area contributed by atoms with Crippen LogP contribution < -0.4 is 5.32 Å². The molecule has 3 heterocycles. The molecule has 6 nitrogen and oxygen atoms in total. The summed E-state index contributed by atoms with van der Waals surface area (Å²) in [5, 5.41) is 2.98. The van der Waals surface area contributed by atoms with Gasteiger partial charge in [-0.05, 0) is 67.8 Å². The van der Waals surface area contributed by atoms with E-state index in [-0.39, 0.29) is 17.7 Å². The minimum atomic E-state index is -0.192. The number of aryl methyl sites for hydroxylation is 1. The summed E-state index contributed by atoms with van der Waals surface area (Å²) >= 11 is 0. The van der Waals surface area contributed by atoms with Gasteiger partial charge in [0.05, 0.1) is 12.2 Å². The van der Waals surface area contributed by atoms with Gasteiger partial charge in [-0.1, -0.05) is 6.07 Å². The number of likely N-dealkylation sites (tertiary alicyclic amines) is 1. The van der Waals surface area contributed by atoms with Crippen LogP contribution in [0.4, 0.5) is 5.69 Å². The largest absolute Gasteiger partial charge is 0.464 e. The van der Waals surface area contributed by atoms with Gasteiger partial charge in [0.25, 0.3) is 0 Å². The van der Waals surface area contributed by atoms with E-state index in [1.165, 1.54) is 0 Å². The van der Waals surface area contributed by atoms with E-state index in [4.69, 9.17) is 4.42 Å². The van der Waals surface area contributed by atoms with Gasteiger partial charge >= 0.3 is 0 Å². The number of anilines is 1. The van der Waals surface area contributed by atoms with Crippen molar-refractivity contribution < 1.29 is 14.0 Å². The van der Waals surface area contributed by atoms with Gasteiger partial charge in [0.2, 0.25) is 11.8 Å². The lowest BCUT2D eigenvalue weighted by Crippen LogP contribution is -2.43. The molecule has 0 radical (unpaired) electrons. The molecular weight excluding hydrogens is 378 g/mol. The number of aromatic nitrogens is 1. The number of benzene rings is 1. The number of carbonyl (C=O) groups excluding carboxylic acids is 2. The highest BCUT2D eigenvalue weighted by Gasteiger charge is 2.28. The third-order valence-corrected chi connectivity index (χ3v) is 5.42. The quantitative estimate of drug-likeness (QED) is 0.671. The van der Waals surface area contributed by atoms with Crippen LogP contribution in [0.1, 0.15) is 25.0 Å². The average Bonchev–Trinajstić information content (AvgIpc) is 3.34. The predicted molar refractivity (Wildman–Crippen MR) is 115 cm³/mol. The number of rotatable bonds is 6. The van der Waals surface area contributed by atoms with E-state index in [1.807, 2.05) is 59.5 Å². The Morgan fingerprint density at radius 3 is 2.70 bits per heavy atom. The van der Waals surface area contributed by atoms with Crippen molar-refractivity contribution in [2.24, 2.45) is 5.92 Å².